The molecular weight excluding hydrogens is 326 g/mol. The summed E-state index contributed by atoms with van der Waals surface area (Å²) in [7, 11) is 0. The third-order valence-corrected chi connectivity index (χ3v) is 4.61. The molecule has 0 radical (unpaired) electrons. The fourth-order valence-electron chi connectivity index (χ4n) is 3.35. The van der Waals surface area contributed by atoms with E-state index < -0.39 is 0 Å². The summed E-state index contributed by atoms with van der Waals surface area (Å²) < 4.78 is 0. The lowest BCUT2D eigenvalue weighted by molar-refractivity contribution is 0.0958. The number of carbonyl (C=O) groups excluding carboxylic acids is 1. The van der Waals surface area contributed by atoms with Crippen molar-refractivity contribution in [3.05, 3.63) is 53.6 Å². The quantitative estimate of drug-likeness (QED) is 0.744. The van der Waals surface area contributed by atoms with Crippen LogP contribution < -0.4 is 10.6 Å². The minimum absolute atomic E-state index is 0.239. The van der Waals surface area contributed by atoms with Gasteiger partial charge in [0.1, 0.15) is 23.0 Å². The molecule has 0 spiro atoms. The topological polar surface area (TPSA) is 79.8 Å². The molecule has 2 aromatic heterocycles. The number of hydrogen-bond acceptors (Lipinski definition) is 5. The number of nitrogens with zero attached hydrogens (tertiary/aromatic N) is 3. The van der Waals surface area contributed by atoms with E-state index in [9.17, 15) is 4.79 Å². The van der Waals surface area contributed by atoms with Crippen LogP contribution in [0, 0.1) is 6.92 Å². The zero-order chi connectivity index (χ0) is 18.5. The van der Waals surface area contributed by atoms with Crippen LogP contribution in [0.4, 0.5) is 11.6 Å². The van der Waals surface area contributed by atoms with E-state index in [1.807, 2.05) is 6.07 Å². The molecule has 0 fully saturated rings. The van der Waals surface area contributed by atoms with Gasteiger partial charge in [-0.25, -0.2) is 15.0 Å². The molecule has 26 heavy (non-hydrogen) atoms. The fraction of sp³-hybridized carbons (Fsp3) is 0.400. The molecule has 0 aromatic carbocycles. The lowest BCUT2D eigenvalue weighted by Gasteiger charge is -2.13. The lowest BCUT2D eigenvalue weighted by Crippen LogP contribution is -2.25. The molecule has 3 rings (SSSR count). The standard InChI is InChI=1S/C20H25N5O/c1-4-6-14-7-8-15-9-10-17(24-18(14)15)25-19-16(12-22-13(3)23-19)20(26)21-11-5-2/h5,9-10,12,14H,2,4,6-8,11H2,1,3H3,(H,21,26)(H,22,23,24,25)/t14-/m0/s1. The predicted molar refractivity (Wildman–Crippen MR) is 103 cm³/mol. The van der Waals surface area contributed by atoms with Gasteiger partial charge in [-0.15, -0.1) is 6.58 Å². The van der Waals surface area contributed by atoms with E-state index in [0.717, 1.165) is 19.3 Å². The van der Waals surface area contributed by atoms with Crippen LogP contribution in [0.25, 0.3) is 0 Å². The highest BCUT2D eigenvalue weighted by Crippen LogP contribution is 2.35. The number of pyridine rings is 1. The van der Waals surface area contributed by atoms with E-state index in [0.29, 0.717) is 35.5 Å². The van der Waals surface area contributed by atoms with Crippen molar-refractivity contribution in [3.8, 4) is 0 Å². The van der Waals surface area contributed by atoms with E-state index in [-0.39, 0.29) is 5.91 Å². The molecule has 1 aliphatic carbocycles. The number of anilines is 2. The second-order valence-corrected chi connectivity index (χ2v) is 6.57. The van der Waals surface area contributed by atoms with Crippen molar-refractivity contribution in [1.29, 1.82) is 0 Å². The molecular formula is C20H25N5O. The molecule has 1 atom stereocenters. The molecule has 0 bridgehead atoms. The average molecular weight is 351 g/mol. The molecule has 1 aliphatic rings. The summed E-state index contributed by atoms with van der Waals surface area (Å²) in [6.45, 7) is 8.01. The van der Waals surface area contributed by atoms with Crippen molar-refractivity contribution in [2.45, 2.75) is 45.4 Å². The Morgan fingerprint density at radius 2 is 2.23 bits per heavy atom. The zero-order valence-corrected chi connectivity index (χ0v) is 15.4. The Morgan fingerprint density at radius 3 is 3.00 bits per heavy atom. The van der Waals surface area contributed by atoms with Crippen molar-refractivity contribution in [1.82, 2.24) is 20.3 Å². The van der Waals surface area contributed by atoms with Crippen molar-refractivity contribution in [3.63, 3.8) is 0 Å². The van der Waals surface area contributed by atoms with Gasteiger partial charge < -0.3 is 10.6 Å². The summed E-state index contributed by atoms with van der Waals surface area (Å²) in [6.07, 6.45) is 7.75. The first-order valence-electron chi connectivity index (χ1n) is 9.12. The first-order chi connectivity index (χ1) is 12.6. The highest BCUT2D eigenvalue weighted by molar-refractivity contribution is 5.99. The first-order valence-corrected chi connectivity index (χ1v) is 9.12. The molecule has 136 valence electrons. The monoisotopic (exact) mass is 351 g/mol. The highest BCUT2D eigenvalue weighted by Gasteiger charge is 2.24. The van der Waals surface area contributed by atoms with E-state index in [1.54, 1.807) is 13.0 Å². The Kier molecular flexibility index (Phi) is 5.61. The maximum Gasteiger partial charge on any atom is 0.256 e. The molecule has 2 aromatic rings. The largest absolute Gasteiger partial charge is 0.348 e. The minimum Gasteiger partial charge on any atom is -0.348 e. The summed E-state index contributed by atoms with van der Waals surface area (Å²) in [5.41, 5.74) is 2.90. The normalized spacial score (nSPS) is 15.4. The number of amides is 1. The zero-order valence-electron chi connectivity index (χ0n) is 15.4. The Labute approximate surface area is 154 Å². The number of hydrogen-bond donors (Lipinski definition) is 2. The van der Waals surface area contributed by atoms with Crippen molar-refractivity contribution in [2.24, 2.45) is 0 Å². The van der Waals surface area contributed by atoms with Crippen LogP contribution in [0.5, 0.6) is 0 Å². The van der Waals surface area contributed by atoms with Gasteiger partial charge in [0, 0.05) is 24.4 Å². The van der Waals surface area contributed by atoms with Gasteiger partial charge in [0.25, 0.3) is 5.91 Å². The fourth-order valence-corrected chi connectivity index (χ4v) is 3.35. The van der Waals surface area contributed by atoms with E-state index in [4.69, 9.17) is 4.98 Å². The molecule has 0 saturated carbocycles. The highest BCUT2D eigenvalue weighted by atomic mass is 16.1. The number of fused-ring (bicyclic) bond motifs is 1. The minimum atomic E-state index is -0.239. The number of aryl methyl sites for hydroxylation is 2. The van der Waals surface area contributed by atoms with Crippen molar-refractivity contribution < 1.29 is 4.79 Å². The smallest absolute Gasteiger partial charge is 0.256 e. The van der Waals surface area contributed by atoms with Gasteiger partial charge in [-0.05, 0) is 37.8 Å². The van der Waals surface area contributed by atoms with Gasteiger partial charge in [-0.3, -0.25) is 4.79 Å². The Hall–Kier alpha value is -2.76. The number of nitrogens with one attached hydrogen (secondary N) is 2. The predicted octanol–water partition coefficient (Wildman–Crippen LogP) is 3.67. The summed E-state index contributed by atoms with van der Waals surface area (Å²) in [5, 5.41) is 5.98. The number of carbonyl (C=O) groups is 1. The van der Waals surface area contributed by atoms with Crippen LogP contribution in [-0.4, -0.2) is 27.4 Å². The van der Waals surface area contributed by atoms with Gasteiger partial charge in [-0.1, -0.05) is 25.5 Å². The van der Waals surface area contributed by atoms with E-state index in [2.05, 4.69) is 40.2 Å². The molecule has 0 aliphatic heterocycles. The molecule has 6 nitrogen and oxygen atoms in total. The van der Waals surface area contributed by atoms with Crippen LogP contribution in [-0.2, 0) is 6.42 Å². The van der Waals surface area contributed by atoms with Crippen molar-refractivity contribution >= 4 is 17.5 Å². The molecule has 2 N–H and O–H groups in total. The summed E-state index contributed by atoms with van der Waals surface area (Å²) in [4.78, 5) is 25.7. The van der Waals surface area contributed by atoms with Crippen LogP contribution in [0.2, 0.25) is 0 Å². The summed E-state index contributed by atoms with van der Waals surface area (Å²) >= 11 is 0. The maximum absolute atomic E-state index is 12.4. The third kappa shape index (κ3) is 3.90. The number of rotatable bonds is 7. The SMILES string of the molecule is C=CCNC(=O)c1cnc(C)nc1Nc1ccc2c(n1)[C@@H](CCC)CC2. The molecule has 1 amide bonds. The lowest BCUT2D eigenvalue weighted by atomic mass is 10.0. The summed E-state index contributed by atoms with van der Waals surface area (Å²) in [6, 6.07) is 4.09. The average Bonchev–Trinajstić information content (AvgIpc) is 3.02. The molecule has 0 unspecified atom stereocenters. The van der Waals surface area contributed by atoms with Crippen LogP contribution in [0.1, 0.15) is 59.5 Å². The van der Waals surface area contributed by atoms with Crippen LogP contribution >= 0.6 is 0 Å². The second-order valence-electron chi connectivity index (χ2n) is 6.57. The third-order valence-electron chi connectivity index (χ3n) is 4.61. The van der Waals surface area contributed by atoms with Gasteiger partial charge in [-0.2, -0.15) is 0 Å². The number of aromatic nitrogens is 3. The van der Waals surface area contributed by atoms with Gasteiger partial charge in [0.05, 0.1) is 0 Å². The van der Waals surface area contributed by atoms with Crippen LogP contribution in [0.15, 0.2) is 31.0 Å². The van der Waals surface area contributed by atoms with Crippen LogP contribution in [0.3, 0.4) is 0 Å². The Balaban J connectivity index is 1.87. The Morgan fingerprint density at radius 1 is 1.38 bits per heavy atom. The molecule has 6 heteroatoms. The maximum atomic E-state index is 12.4. The van der Waals surface area contributed by atoms with Gasteiger partial charge in [0.2, 0.25) is 0 Å². The summed E-state index contributed by atoms with van der Waals surface area (Å²) in [5.74, 6) is 2.06. The first kappa shape index (κ1) is 18.0. The van der Waals surface area contributed by atoms with E-state index >= 15 is 0 Å². The molecule has 0 saturated heterocycles. The van der Waals surface area contributed by atoms with E-state index in [1.165, 1.54) is 23.9 Å². The van der Waals surface area contributed by atoms with Gasteiger partial charge >= 0.3 is 0 Å². The van der Waals surface area contributed by atoms with Gasteiger partial charge in [0.15, 0.2) is 0 Å². The Bertz CT molecular complexity index is 816. The second kappa shape index (κ2) is 8.08. The van der Waals surface area contributed by atoms with Crippen molar-refractivity contribution in [2.75, 3.05) is 11.9 Å². The molecule has 2 heterocycles.